The monoisotopic (exact) mass is 656 g/mol. The van der Waals surface area contributed by atoms with E-state index in [2.05, 4.69) is 50.2 Å². The molecule has 242 valence electrons. The number of amides is 1. The van der Waals surface area contributed by atoms with E-state index in [0.29, 0.717) is 31.0 Å². The molecule has 0 radical (unpaired) electrons. The summed E-state index contributed by atoms with van der Waals surface area (Å²) in [5.41, 5.74) is 5.97. The van der Waals surface area contributed by atoms with Gasteiger partial charge in [0.25, 0.3) is 12.8 Å². The van der Waals surface area contributed by atoms with E-state index in [0.717, 1.165) is 50.8 Å². The molecule has 44 heavy (non-hydrogen) atoms. The summed E-state index contributed by atoms with van der Waals surface area (Å²) in [5, 5.41) is 39.2. The number of carboxylic acid groups (broad SMARTS) is 1. The minimum atomic E-state index is -1.24. The van der Waals surface area contributed by atoms with Gasteiger partial charge in [0.1, 0.15) is 5.70 Å². The summed E-state index contributed by atoms with van der Waals surface area (Å²) in [4.78, 5) is 39.9. The van der Waals surface area contributed by atoms with Gasteiger partial charge in [-0.15, -0.1) is 11.8 Å². The van der Waals surface area contributed by atoms with E-state index in [-0.39, 0.29) is 47.2 Å². The number of aliphatic hydroxyl groups excluding tert-OH is 1. The summed E-state index contributed by atoms with van der Waals surface area (Å²) in [6.07, 6.45) is 1.38. The molecular weight excluding hydrogens is 619 g/mol. The molecule has 0 aliphatic carbocycles. The van der Waals surface area contributed by atoms with Gasteiger partial charge in [-0.2, -0.15) is 14.5 Å². The number of halogens is 1. The molecule has 3 unspecified atom stereocenters. The first-order valence-electron chi connectivity index (χ1n) is 14.2. The highest BCUT2D eigenvalue weighted by atomic mass is 32.2. The van der Waals surface area contributed by atoms with Crippen molar-refractivity contribution in [2.75, 3.05) is 90.4 Å². The highest BCUT2D eigenvalue weighted by molar-refractivity contribution is 8.00. The summed E-state index contributed by atoms with van der Waals surface area (Å²) in [6, 6.07) is -0.415. The number of thioether (sulfide) groups is 1. The van der Waals surface area contributed by atoms with E-state index in [1.165, 1.54) is 11.8 Å². The summed E-state index contributed by atoms with van der Waals surface area (Å²) in [7, 11) is 0. The first-order chi connectivity index (χ1) is 21.4. The van der Waals surface area contributed by atoms with Crippen LogP contribution in [0.15, 0.2) is 21.5 Å². The van der Waals surface area contributed by atoms with Gasteiger partial charge in [-0.1, -0.05) is 5.16 Å². The Labute approximate surface area is 261 Å². The van der Waals surface area contributed by atoms with Gasteiger partial charge in [-0.25, -0.2) is 9.18 Å². The van der Waals surface area contributed by atoms with Crippen LogP contribution in [0.3, 0.4) is 0 Å². The number of anilines is 1. The van der Waals surface area contributed by atoms with E-state index < -0.39 is 24.8 Å². The van der Waals surface area contributed by atoms with Crippen LogP contribution in [0.25, 0.3) is 0 Å². The van der Waals surface area contributed by atoms with E-state index in [9.17, 15) is 24.2 Å². The standard InChI is InChI=1S/C24H37FN12O5S2/c25-14-42-32-17(19-31-23(26)44-33-19)20(39)30-16-12-36-18(22(40)41)15(13-43-21(16)36)11-29-37-8-7-35(9-10-38)24(37)28-3-6-34-4-1-27-2-5-34/h11,16,21,24,27-28,38H,1-10,12-14H2,(H,30,39)(H,40,41)(H2,26,31,33)/b29-11+,32-17+. The Bertz CT molecular complexity index is 1260. The number of alkyl halides is 1. The molecule has 17 nitrogen and oxygen atoms in total. The molecule has 3 saturated heterocycles. The fourth-order valence-corrected chi connectivity index (χ4v) is 7.22. The number of nitrogens with one attached hydrogen (secondary N) is 3. The molecule has 3 fully saturated rings. The molecule has 0 saturated carbocycles. The quantitative estimate of drug-likeness (QED) is 0.0893. The Hall–Kier alpha value is -3.14. The highest BCUT2D eigenvalue weighted by Gasteiger charge is 2.47. The van der Waals surface area contributed by atoms with Gasteiger partial charge in [0.2, 0.25) is 11.5 Å². The average Bonchev–Trinajstić information content (AvgIpc) is 3.61. The summed E-state index contributed by atoms with van der Waals surface area (Å²) >= 11 is 2.33. The fraction of sp³-hybridized carbons (Fsp3) is 0.667. The number of hydrogen-bond acceptors (Lipinski definition) is 17. The van der Waals surface area contributed by atoms with E-state index >= 15 is 0 Å². The number of nitrogens with two attached hydrogens (primary N) is 1. The molecule has 1 aromatic rings. The number of hydrazone groups is 1. The maximum Gasteiger partial charge on any atom is 0.352 e. The van der Waals surface area contributed by atoms with Crippen LogP contribution >= 0.6 is 23.3 Å². The van der Waals surface area contributed by atoms with Crippen molar-refractivity contribution >= 4 is 52.2 Å². The number of nitrogens with zero attached hydrogens (tertiary/aromatic N) is 8. The van der Waals surface area contributed by atoms with Crippen molar-refractivity contribution in [1.29, 1.82) is 0 Å². The molecule has 4 aliphatic rings. The van der Waals surface area contributed by atoms with Gasteiger partial charge in [0.05, 0.1) is 30.8 Å². The molecule has 7 N–H and O–H groups in total. The van der Waals surface area contributed by atoms with Crippen LogP contribution in [-0.4, -0.2) is 165 Å². The fourth-order valence-electron chi connectivity index (χ4n) is 5.47. The number of nitrogen functional groups attached to an aromatic ring is 1. The van der Waals surface area contributed by atoms with Crippen molar-refractivity contribution in [1.82, 2.24) is 45.0 Å². The number of piperazine rings is 1. The molecule has 0 aromatic carbocycles. The Morgan fingerprint density at radius 2 is 2.07 bits per heavy atom. The Morgan fingerprint density at radius 1 is 1.25 bits per heavy atom. The van der Waals surface area contributed by atoms with Crippen molar-refractivity contribution in [2.45, 2.75) is 17.7 Å². The number of fused-ring (bicyclic) bond motifs is 1. The van der Waals surface area contributed by atoms with Crippen molar-refractivity contribution in [3.63, 3.8) is 0 Å². The number of oxime groups is 1. The molecule has 1 amide bonds. The summed E-state index contributed by atoms with van der Waals surface area (Å²) < 4.78 is 16.5. The number of aliphatic carboxylic acids is 1. The summed E-state index contributed by atoms with van der Waals surface area (Å²) in [5.74, 6) is -1.50. The smallest absolute Gasteiger partial charge is 0.352 e. The normalized spacial score (nSPS) is 25.0. The van der Waals surface area contributed by atoms with Crippen molar-refractivity contribution < 1.29 is 29.0 Å². The van der Waals surface area contributed by atoms with Crippen LogP contribution in [0.4, 0.5) is 9.52 Å². The van der Waals surface area contributed by atoms with Gasteiger partial charge in [-0.05, 0) is 0 Å². The lowest BCUT2D eigenvalue weighted by Gasteiger charge is -2.51. The minimum absolute atomic E-state index is 0.0249. The molecule has 1 aromatic heterocycles. The first-order valence-corrected chi connectivity index (χ1v) is 16.0. The molecule has 0 bridgehead atoms. The van der Waals surface area contributed by atoms with Crippen LogP contribution in [0, 0.1) is 0 Å². The first kappa shape index (κ1) is 32.3. The molecule has 4 aliphatic heterocycles. The Kier molecular flexibility index (Phi) is 11.2. The van der Waals surface area contributed by atoms with Crippen molar-refractivity contribution in [3.8, 4) is 0 Å². The molecule has 5 heterocycles. The lowest BCUT2D eigenvalue weighted by Crippen LogP contribution is -2.67. The van der Waals surface area contributed by atoms with Gasteiger partial charge in [-0.3, -0.25) is 24.9 Å². The maximum absolute atomic E-state index is 13.0. The highest BCUT2D eigenvalue weighted by Crippen LogP contribution is 2.39. The third-order valence-electron chi connectivity index (χ3n) is 7.60. The van der Waals surface area contributed by atoms with Gasteiger partial charge < -0.3 is 36.3 Å². The third kappa shape index (κ3) is 7.56. The van der Waals surface area contributed by atoms with Gasteiger partial charge in [0, 0.05) is 81.8 Å². The van der Waals surface area contributed by atoms with Crippen LogP contribution in [-0.2, 0) is 14.4 Å². The SMILES string of the molecule is Nc1nc(/C(=N\OCF)C(=O)NC2CN3C(C(=O)O)=C(/C=N/N4CCN(CCO)C4NCCN4CCNCC4)CSC23)ns1. The summed E-state index contributed by atoms with van der Waals surface area (Å²) in [6.45, 7) is 6.45. The maximum atomic E-state index is 13.0. The van der Waals surface area contributed by atoms with Crippen molar-refractivity contribution in [3.05, 3.63) is 17.1 Å². The zero-order valence-corrected chi connectivity index (χ0v) is 25.6. The van der Waals surface area contributed by atoms with E-state index in [1.807, 2.05) is 5.01 Å². The van der Waals surface area contributed by atoms with Crippen LogP contribution in [0.2, 0.25) is 0 Å². The number of aromatic nitrogens is 2. The van der Waals surface area contributed by atoms with Crippen LogP contribution in [0.5, 0.6) is 0 Å². The zero-order valence-electron chi connectivity index (χ0n) is 24.0. The third-order valence-corrected chi connectivity index (χ3v) is 9.54. The predicted molar refractivity (Wildman–Crippen MR) is 162 cm³/mol. The largest absolute Gasteiger partial charge is 0.477 e. The van der Waals surface area contributed by atoms with E-state index in [1.54, 1.807) is 11.1 Å². The van der Waals surface area contributed by atoms with Gasteiger partial charge >= 0.3 is 5.97 Å². The Morgan fingerprint density at radius 3 is 2.77 bits per heavy atom. The van der Waals surface area contributed by atoms with Gasteiger partial charge in [0.15, 0.2) is 11.4 Å². The number of rotatable bonds is 14. The second kappa shape index (κ2) is 15.2. The minimum Gasteiger partial charge on any atom is -0.477 e. The number of aliphatic hydroxyl groups is 1. The number of carboxylic acids is 1. The number of carbonyl (C=O) groups excluding carboxylic acids is 1. The van der Waals surface area contributed by atoms with Crippen LogP contribution in [0.1, 0.15) is 5.82 Å². The second-order valence-electron chi connectivity index (χ2n) is 10.3. The number of carbonyl (C=O) groups is 2. The lowest BCUT2D eigenvalue weighted by molar-refractivity contribution is -0.135. The second-order valence-corrected chi connectivity index (χ2v) is 12.2. The molecule has 0 spiro atoms. The molecular formula is C24H37FN12O5S2. The molecule has 5 rings (SSSR count). The topological polar surface area (TPSA) is 209 Å². The molecule has 20 heteroatoms. The van der Waals surface area contributed by atoms with Crippen molar-refractivity contribution in [2.24, 2.45) is 10.3 Å². The predicted octanol–water partition coefficient (Wildman–Crippen LogP) is -2.65. The number of hydrogen-bond donors (Lipinski definition) is 6. The average molecular weight is 657 g/mol. The molecule has 3 atom stereocenters. The lowest BCUT2D eigenvalue weighted by atomic mass is 10.0. The zero-order chi connectivity index (χ0) is 31.1. The van der Waals surface area contributed by atoms with E-state index in [4.69, 9.17) is 5.73 Å². The van der Waals surface area contributed by atoms with Crippen LogP contribution < -0.4 is 21.7 Å². The number of β-amino-alcohol motifs (C(OH)–C–C–N with tert-alkyl or cyclic N) is 1. The Balaban J connectivity index is 1.22.